The second kappa shape index (κ2) is 8.26. The first-order valence-electron chi connectivity index (χ1n) is 7.28. The normalized spacial score (nSPS) is 11.8. The summed E-state index contributed by atoms with van der Waals surface area (Å²) in [4.78, 5) is 25.4. The van der Waals surface area contributed by atoms with Crippen LogP contribution in [0.3, 0.4) is 0 Å². The minimum Gasteiger partial charge on any atom is -0.451 e. The number of halogens is 1. The Hall–Kier alpha value is -1.66. The number of carbonyl (C=O) groups is 2. The summed E-state index contributed by atoms with van der Waals surface area (Å²) in [6.07, 6.45) is 0.755. The molecule has 2 aromatic rings. The lowest BCUT2D eigenvalue weighted by Crippen LogP contribution is -2.32. The van der Waals surface area contributed by atoms with Crippen LogP contribution in [0, 0.1) is 6.92 Å². The molecule has 0 aliphatic heterocycles. The van der Waals surface area contributed by atoms with Gasteiger partial charge >= 0.3 is 5.97 Å². The van der Waals surface area contributed by atoms with Gasteiger partial charge in [0.15, 0.2) is 6.61 Å². The fourth-order valence-corrected chi connectivity index (χ4v) is 3.12. The molecule has 1 atom stereocenters. The minimum atomic E-state index is -0.463. The molecule has 0 aliphatic carbocycles. The van der Waals surface area contributed by atoms with Crippen molar-refractivity contribution in [1.82, 2.24) is 5.32 Å². The van der Waals surface area contributed by atoms with Crippen molar-refractivity contribution in [2.45, 2.75) is 26.3 Å². The molecule has 0 fully saturated rings. The quantitative estimate of drug-likeness (QED) is 0.743. The fourth-order valence-electron chi connectivity index (χ4n) is 2.10. The summed E-state index contributed by atoms with van der Waals surface area (Å²) in [5.41, 5.74) is 1.02. The highest BCUT2D eigenvalue weighted by Crippen LogP contribution is 2.19. The highest BCUT2D eigenvalue weighted by atomic mass is 79.9. The maximum Gasteiger partial charge on any atom is 0.348 e. The first-order chi connectivity index (χ1) is 11.0. The summed E-state index contributed by atoms with van der Waals surface area (Å²) < 4.78 is 6.04. The molecule has 1 heterocycles. The van der Waals surface area contributed by atoms with Crippen molar-refractivity contribution < 1.29 is 14.3 Å². The van der Waals surface area contributed by atoms with Gasteiger partial charge in [0.1, 0.15) is 4.88 Å². The average Bonchev–Trinajstić information content (AvgIpc) is 2.98. The van der Waals surface area contributed by atoms with E-state index in [1.54, 1.807) is 6.07 Å². The molecule has 1 amide bonds. The number of esters is 1. The van der Waals surface area contributed by atoms with E-state index in [0.29, 0.717) is 4.88 Å². The zero-order valence-corrected chi connectivity index (χ0v) is 15.4. The number of ether oxygens (including phenoxy) is 1. The van der Waals surface area contributed by atoms with Crippen LogP contribution in [0.2, 0.25) is 0 Å². The number of thiophene rings is 1. The van der Waals surface area contributed by atoms with Crippen LogP contribution in [0.25, 0.3) is 0 Å². The molecule has 0 saturated carbocycles. The van der Waals surface area contributed by atoms with Gasteiger partial charge in [-0.3, -0.25) is 4.79 Å². The van der Waals surface area contributed by atoms with E-state index in [1.807, 2.05) is 44.2 Å². The molecule has 6 heteroatoms. The van der Waals surface area contributed by atoms with E-state index >= 15 is 0 Å². The van der Waals surface area contributed by atoms with Crippen LogP contribution in [-0.2, 0) is 9.53 Å². The highest BCUT2D eigenvalue weighted by molar-refractivity contribution is 9.10. The van der Waals surface area contributed by atoms with Gasteiger partial charge in [0.05, 0.1) is 6.04 Å². The van der Waals surface area contributed by atoms with E-state index in [1.165, 1.54) is 11.3 Å². The zero-order chi connectivity index (χ0) is 16.8. The zero-order valence-electron chi connectivity index (χ0n) is 13.0. The molecule has 1 aromatic heterocycles. The van der Waals surface area contributed by atoms with Crippen LogP contribution in [0.4, 0.5) is 0 Å². The number of hydrogen-bond acceptors (Lipinski definition) is 4. The van der Waals surface area contributed by atoms with Gasteiger partial charge in [0.25, 0.3) is 5.91 Å². The number of benzene rings is 1. The number of hydrogen-bond donors (Lipinski definition) is 1. The summed E-state index contributed by atoms with van der Waals surface area (Å²) in [6.45, 7) is 3.63. The van der Waals surface area contributed by atoms with Crippen molar-refractivity contribution >= 4 is 39.1 Å². The van der Waals surface area contributed by atoms with Crippen LogP contribution in [0.5, 0.6) is 0 Å². The van der Waals surface area contributed by atoms with Gasteiger partial charge in [0, 0.05) is 9.35 Å². The minimum absolute atomic E-state index is 0.0988. The first kappa shape index (κ1) is 17.7. The Morgan fingerprint density at radius 3 is 2.48 bits per heavy atom. The number of rotatable bonds is 6. The number of amides is 1. The molecule has 0 radical (unpaired) electrons. The standard InChI is InChI=1S/C17H18BrNO3S/c1-3-14(12-5-7-13(18)8-6-12)19-16(20)10-22-17(21)15-9-4-11(2)23-15/h4-9,14H,3,10H2,1-2H3,(H,19,20)/t14-/m0/s1. The number of nitrogens with one attached hydrogen (secondary N) is 1. The van der Waals surface area contributed by atoms with Gasteiger partial charge in [-0.25, -0.2) is 4.79 Å². The Morgan fingerprint density at radius 2 is 1.91 bits per heavy atom. The van der Waals surface area contributed by atoms with E-state index in [9.17, 15) is 9.59 Å². The fraction of sp³-hybridized carbons (Fsp3) is 0.294. The topological polar surface area (TPSA) is 55.4 Å². The Balaban J connectivity index is 1.87. The van der Waals surface area contributed by atoms with Crippen molar-refractivity contribution in [3.05, 3.63) is 56.2 Å². The Labute approximate surface area is 148 Å². The third-order valence-corrected chi connectivity index (χ3v) is 4.80. The van der Waals surface area contributed by atoms with Crippen molar-refractivity contribution in [1.29, 1.82) is 0 Å². The second-order valence-corrected chi connectivity index (χ2v) is 7.27. The molecular weight excluding hydrogens is 378 g/mol. The third kappa shape index (κ3) is 5.18. The molecule has 0 unspecified atom stereocenters. The Kier molecular flexibility index (Phi) is 6.36. The van der Waals surface area contributed by atoms with Crippen LogP contribution >= 0.6 is 27.3 Å². The molecule has 0 spiro atoms. The molecule has 0 aliphatic rings. The smallest absolute Gasteiger partial charge is 0.348 e. The molecule has 0 bridgehead atoms. The van der Waals surface area contributed by atoms with Gasteiger partial charge < -0.3 is 10.1 Å². The van der Waals surface area contributed by atoms with Gasteiger partial charge in [-0.2, -0.15) is 0 Å². The summed E-state index contributed by atoms with van der Waals surface area (Å²) in [5.74, 6) is -0.767. The highest BCUT2D eigenvalue weighted by Gasteiger charge is 2.15. The molecule has 4 nitrogen and oxygen atoms in total. The molecule has 0 saturated heterocycles. The maximum absolute atomic E-state index is 12.0. The predicted octanol–water partition coefficient (Wildman–Crippen LogP) is 4.24. The van der Waals surface area contributed by atoms with Crippen molar-refractivity contribution in [2.24, 2.45) is 0 Å². The average molecular weight is 396 g/mol. The van der Waals surface area contributed by atoms with E-state index in [4.69, 9.17) is 4.74 Å². The largest absolute Gasteiger partial charge is 0.451 e. The van der Waals surface area contributed by atoms with Crippen molar-refractivity contribution in [3.63, 3.8) is 0 Å². The Bertz CT molecular complexity index is 681. The summed E-state index contributed by atoms with van der Waals surface area (Å²) >= 11 is 4.74. The summed E-state index contributed by atoms with van der Waals surface area (Å²) in [5, 5.41) is 2.89. The molecule has 122 valence electrons. The molecule has 2 rings (SSSR count). The van der Waals surface area contributed by atoms with Gasteiger partial charge in [0.2, 0.25) is 0 Å². The van der Waals surface area contributed by atoms with Crippen LogP contribution in [0.15, 0.2) is 40.9 Å². The molecular formula is C17H18BrNO3S. The van der Waals surface area contributed by atoms with Crippen LogP contribution < -0.4 is 5.32 Å². The lowest BCUT2D eigenvalue weighted by atomic mass is 10.0. The third-order valence-electron chi connectivity index (χ3n) is 3.29. The SMILES string of the molecule is CC[C@H](NC(=O)COC(=O)c1ccc(C)s1)c1ccc(Br)cc1. The van der Waals surface area contributed by atoms with E-state index in [-0.39, 0.29) is 18.6 Å². The lowest BCUT2D eigenvalue weighted by Gasteiger charge is -2.17. The van der Waals surface area contributed by atoms with Crippen molar-refractivity contribution in [3.8, 4) is 0 Å². The molecule has 1 aromatic carbocycles. The number of aryl methyl sites for hydroxylation is 1. The first-order valence-corrected chi connectivity index (χ1v) is 8.89. The van der Waals surface area contributed by atoms with E-state index < -0.39 is 5.97 Å². The predicted molar refractivity (Wildman–Crippen MR) is 94.7 cm³/mol. The van der Waals surface area contributed by atoms with Crippen LogP contribution in [-0.4, -0.2) is 18.5 Å². The summed E-state index contributed by atoms with van der Waals surface area (Å²) in [6, 6.07) is 11.2. The van der Waals surface area contributed by atoms with E-state index in [0.717, 1.165) is 21.3 Å². The number of carbonyl (C=O) groups excluding carboxylic acids is 2. The molecule has 1 N–H and O–H groups in total. The van der Waals surface area contributed by atoms with Crippen LogP contribution in [0.1, 0.15) is 39.5 Å². The van der Waals surface area contributed by atoms with Crippen molar-refractivity contribution in [2.75, 3.05) is 6.61 Å². The van der Waals surface area contributed by atoms with Gasteiger partial charge in [-0.1, -0.05) is 35.0 Å². The lowest BCUT2D eigenvalue weighted by molar-refractivity contribution is -0.125. The monoisotopic (exact) mass is 395 g/mol. The summed E-state index contributed by atoms with van der Waals surface area (Å²) in [7, 11) is 0. The second-order valence-electron chi connectivity index (χ2n) is 5.07. The Morgan fingerprint density at radius 1 is 1.22 bits per heavy atom. The van der Waals surface area contributed by atoms with Gasteiger partial charge in [-0.15, -0.1) is 11.3 Å². The van der Waals surface area contributed by atoms with E-state index in [2.05, 4.69) is 21.2 Å². The maximum atomic E-state index is 12.0. The van der Waals surface area contributed by atoms with Gasteiger partial charge in [-0.05, 0) is 43.2 Å². The molecule has 23 heavy (non-hydrogen) atoms.